The molecule has 1 aliphatic heterocycles. The van der Waals surface area contributed by atoms with Gasteiger partial charge in [0.1, 0.15) is 11.5 Å². The predicted molar refractivity (Wildman–Crippen MR) is 59.8 cm³/mol. The Morgan fingerprint density at radius 3 is 2.76 bits per heavy atom. The summed E-state index contributed by atoms with van der Waals surface area (Å²) in [6.07, 6.45) is 0.468. The molecule has 0 aromatic heterocycles. The summed E-state index contributed by atoms with van der Waals surface area (Å²) in [6, 6.07) is 5.85. The maximum atomic E-state index is 13.3. The molecule has 0 bridgehead atoms. The lowest BCUT2D eigenvalue weighted by Gasteiger charge is -2.12. The molecule has 5 nitrogen and oxygen atoms in total. The number of halogens is 1. The molecule has 0 saturated heterocycles. The molecule has 6 heteroatoms. The average Bonchev–Trinajstić information content (AvgIpc) is 2.33. The van der Waals surface area contributed by atoms with Crippen LogP contribution in [0.4, 0.5) is 10.1 Å². The van der Waals surface area contributed by atoms with Gasteiger partial charge in [-0.05, 0) is 12.1 Å². The highest BCUT2D eigenvalue weighted by molar-refractivity contribution is 6.43. The fourth-order valence-electron chi connectivity index (χ4n) is 1.39. The van der Waals surface area contributed by atoms with E-state index < -0.39 is 11.7 Å². The molecule has 1 heterocycles. The van der Waals surface area contributed by atoms with Crippen molar-refractivity contribution >= 4 is 23.2 Å². The lowest BCUT2D eigenvalue weighted by atomic mass is 10.1. The Bertz CT molecular complexity index is 499. The number of carbonyl (C=O) groups excluding carboxylic acids is 2. The summed E-state index contributed by atoms with van der Waals surface area (Å²) in [4.78, 5) is 22.5. The van der Waals surface area contributed by atoms with Crippen LogP contribution in [-0.4, -0.2) is 17.5 Å². The first-order valence-corrected chi connectivity index (χ1v) is 5.08. The quantitative estimate of drug-likeness (QED) is 0.803. The molecule has 0 fully saturated rings. The highest BCUT2D eigenvalue weighted by Gasteiger charge is 2.18. The number of hydrogen-bond donors (Lipinski definition) is 2. The third-order valence-corrected chi connectivity index (χ3v) is 2.29. The van der Waals surface area contributed by atoms with Crippen LogP contribution in [0.25, 0.3) is 0 Å². The zero-order valence-electron chi connectivity index (χ0n) is 8.87. The lowest BCUT2D eigenvalue weighted by Crippen LogP contribution is -2.32. The molecule has 2 rings (SSSR count). The molecule has 1 aromatic carbocycles. The molecule has 1 aliphatic rings. The number of amides is 2. The number of carbonyl (C=O) groups is 2. The van der Waals surface area contributed by atoms with Gasteiger partial charge in [0, 0.05) is 12.8 Å². The van der Waals surface area contributed by atoms with E-state index in [1.807, 2.05) is 0 Å². The van der Waals surface area contributed by atoms with E-state index in [1.54, 1.807) is 6.07 Å². The summed E-state index contributed by atoms with van der Waals surface area (Å²) < 4.78 is 13.3. The summed E-state index contributed by atoms with van der Waals surface area (Å²) in [6.45, 7) is 0. The molecule has 2 amide bonds. The first kappa shape index (κ1) is 11.3. The Morgan fingerprint density at radius 2 is 2.12 bits per heavy atom. The minimum atomic E-state index is -0.513. The molecule has 0 saturated carbocycles. The minimum absolute atomic E-state index is 0.0945. The molecule has 17 heavy (non-hydrogen) atoms. The number of nitrogens with zero attached hydrogens (tertiary/aromatic N) is 1. The molecular weight excluding hydrogens is 225 g/mol. The SMILES string of the molecule is O=C1CCC(C(=O)Nc2ccccc2F)=NN1. The second-order valence-corrected chi connectivity index (χ2v) is 3.53. The molecule has 0 aliphatic carbocycles. The van der Waals surface area contributed by atoms with Crippen molar-refractivity contribution in [1.29, 1.82) is 0 Å². The number of hydrazone groups is 1. The van der Waals surface area contributed by atoms with Crippen molar-refractivity contribution in [2.45, 2.75) is 12.8 Å². The Hall–Kier alpha value is -2.24. The number of anilines is 1. The third kappa shape index (κ3) is 2.66. The molecular formula is C11H10FN3O2. The highest BCUT2D eigenvalue weighted by atomic mass is 19.1. The van der Waals surface area contributed by atoms with E-state index >= 15 is 0 Å². The molecule has 2 N–H and O–H groups in total. The summed E-state index contributed by atoms with van der Waals surface area (Å²) in [5.74, 6) is -1.25. The van der Waals surface area contributed by atoms with Crippen molar-refractivity contribution in [3.63, 3.8) is 0 Å². The van der Waals surface area contributed by atoms with E-state index in [4.69, 9.17) is 0 Å². The second-order valence-electron chi connectivity index (χ2n) is 3.53. The zero-order chi connectivity index (χ0) is 12.3. The van der Waals surface area contributed by atoms with Gasteiger partial charge in [-0.25, -0.2) is 9.82 Å². The maximum Gasteiger partial charge on any atom is 0.271 e. The van der Waals surface area contributed by atoms with E-state index in [1.165, 1.54) is 18.2 Å². The van der Waals surface area contributed by atoms with Crippen LogP contribution in [-0.2, 0) is 9.59 Å². The van der Waals surface area contributed by atoms with E-state index in [-0.39, 0.29) is 30.1 Å². The third-order valence-electron chi connectivity index (χ3n) is 2.29. The number of benzene rings is 1. The number of para-hydroxylation sites is 1. The van der Waals surface area contributed by atoms with Crippen LogP contribution in [0.1, 0.15) is 12.8 Å². The second kappa shape index (κ2) is 4.73. The van der Waals surface area contributed by atoms with Gasteiger partial charge >= 0.3 is 0 Å². The van der Waals surface area contributed by atoms with Gasteiger partial charge < -0.3 is 5.32 Å². The summed E-state index contributed by atoms with van der Waals surface area (Å²) in [7, 11) is 0. The highest BCUT2D eigenvalue weighted by Crippen LogP contribution is 2.13. The summed E-state index contributed by atoms with van der Waals surface area (Å²) in [5, 5.41) is 6.02. The summed E-state index contributed by atoms with van der Waals surface area (Å²) >= 11 is 0. The minimum Gasteiger partial charge on any atom is -0.318 e. The van der Waals surface area contributed by atoms with Crippen molar-refractivity contribution in [1.82, 2.24) is 5.43 Å². The van der Waals surface area contributed by atoms with Crippen LogP contribution in [0, 0.1) is 5.82 Å². The summed E-state index contributed by atoms with van der Waals surface area (Å²) in [5.41, 5.74) is 2.49. The van der Waals surface area contributed by atoms with Gasteiger partial charge in [0.05, 0.1) is 5.69 Å². The van der Waals surface area contributed by atoms with E-state index in [2.05, 4.69) is 15.8 Å². The predicted octanol–water partition coefficient (Wildman–Crippen LogP) is 1.03. The van der Waals surface area contributed by atoms with E-state index in [0.29, 0.717) is 0 Å². The first-order chi connectivity index (χ1) is 8.16. The van der Waals surface area contributed by atoms with Crippen LogP contribution >= 0.6 is 0 Å². The van der Waals surface area contributed by atoms with Gasteiger partial charge in [-0.15, -0.1) is 0 Å². The van der Waals surface area contributed by atoms with Gasteiger partial charge in [0.2, 0.25) is 5.91 Å². The van der Waals surface area contributed by atoms with Crippen molar-refractivity contribution in [3.8, 4) is 0 Å². The lowest BCUT2D eigenvalue weighted by molar-refractivity contribution is -0.121. The first-order valence-electron chi connectivity index (χ1n) is 5.08. The molecule has 1 aromatic rings. The van der Waals surface area contributed by atoms with Crippen LogP contribution in [0.2, 0.25) is 0 Å². The molecule has 88 valence electrons. The fourth-order valence-corrected chi connectivity index (χ4v) is 1.39. The largest absolute Gasteiger partial charge is 0.318 e. The van der Waals surface area contributed by atoms with Crippen LogP contribution in [0.3, 0.4) is 0 Å². The fraction of sp³-hybridized carbons (Fsp3) is 0.182. The Morgan fingerprint density at radius 1 is 1.35 bits per heavy atom. The topological polar surface area (TPSA) is 70.6 Å². The molecule has 0 unspecified atom stereocenters. The number of nitrogens with one attached hydrogen (secondary N) is 2. The number of hydrogen-bond acceptors (Lipinski definition) is 3. The molecule has 0 radical (unpaired) electrons. The van der Waals surface area contributed by atoms with Crippen molar-refractivity contribution in [3.05, 3.63) is 30.1 Å². The molecule has 0 atom stereocenters. The van der Waals surface area contributed by atoms with Gasteiger partial charge in [-0.3, -0.25) is 9.59 Å². The van der Waals surface area contributed by atoms with Crippen LogP contribution < -0.4 is 10.7 Å². The Kier molecular flexibility index (Phi) is 3.13. The maximum absolute atomic E-state index is 13.3. The Labute approximate surface area is 96.7 Å². The molecule has 0 spiro atoms. The smallest absolute Gasteiger partial charge is 0.271 e. The van der Waals surface area contributed by atoms with E-state index in [0.717, 1.165) is 0 Å². The van der Waals surface area contributed by atoms with Crippen LogP contribution in [0.15, 0.2) is 29.4 Å². The van der Waals surface area contributed by atoms with Crippen molar-refractivity contribution < 1.29 is 14.0 Å². The van der Waals surface area contributed by atoms with E-state index in [9.17, 15) is 14.0 Å². The monoisotopic (exact) mass is 235 g/mol. The Balaban J connectivity index is 2.07. The normalized spacial score (nSPS) is 14.9. The van der Waals surface area contributed by atoms with Gasteiger partial charge in [0.25, 0.3) is 5.91 Å². The van der Waals surface area contributed by atoms with Crippen LogP contribution in [0.5, 0.6) is 0 Å². The zero-order valence-corrected chi connectivity index (χ0v) is 8.87. The average molecular weight is 235 g/mol. The number of rotatable bonds is 2. The van der Waals surface area contributed by atoms with Gasteiger partial charge in [-0.2, -0.15) is 5.10 Å². The standard InChI is InChI=1S/C11H10FN3O2/c12-7-3-1-2-4-8(7)13-11(17)9-5-6-10(16)15-14-9/h1-4H,5-6H2,(H,13,17)(H,15,16). The van der Waals surface area contributed by atoms with Crippen molar-refractivity contribution in [2.24, 2.45) is 5.10 Å². The van der Waals surface area contributed by atoms with Crippen molar-refractivity contribution in [2.75, 3.05) is 5.32 Å². The van der Waals surface area contributed by atoms with Gasteiger partial charge in [0.15, 0.2) is 0 Å². The van der Waals surface area contributed by atoms with Gasteiger partial charge in [-0.1, -0.05) is 12.1 Å².